The van der Waals surface area contributed by atoms with E-state index in [1.807, 2.05) is 36.1 Å². The molecule has 8 heteroatoms. The summed E-state index contributed by atoms with van der Waals surface area (Å²) < 4.78 is 33.5. The van der Waals surface area contributed by atoms with Gasteiger partial charge in [0.15, 0.2) is 0 Å². The lowest BCUT2D eigenvalue weighted by Gasteiger charge is -2.26. The maximum Gasteiger partial charge on any atom is 0.228 e. The Kier molecular flexibility index (Phi) is 7.00. The van der Waals surface area contributed by atoms with E-state index in [1.165, 1.54) is 0 Å². The monoisotopic (exact) mass is 459 g/mol. The molecule has 0 spiro atoms. The van der Waals surface area contributed by atoms with Crippen LogP contribution in [0.25, 0.3) is 0 Å². The topological polar surface area (TPSA) is 81.5 Å². The van der Waals surface area contributed by atoms with Gasteiger partial charge in [-0.05, 0) is 38.2 Å². The molecule has 32 heavy (non-hydrogen) atoms. The number of benzene rings is 1. The number of rotatable bonds is 10. The van der Waals surface area contributed by atoms with Crippen molar-refractivity contribution in [3.05, 3.63) is 47.3 Å². The molecule has 2 aliphatic carbocycles. The van der Waals surface area contributed by atoms with Crippen LogP contribution in [0.3, 0.4) is 0 Å². The van der Waals surface area contributed by atoms with Crippen molar-refractivity contribution in [3.63, 3.8) is 0 Å². The average molecular weight is 460 g/mol. The maximum atomic E-state index is 13.3. The third-order valence-electron chi connectivity index (χ3n) is 6.48. The molecule has 0 radical (unpaired) electrons. The molecule has 1 heterocycles. The number of carbonyl (C=O) groups is 1. The predicted octanol–water partition coefficient (Wildman–Crippen LogP) is 3.49. The van der Waals surface area contributed by atoms with Gasteiger partial charge in [0.1, 0.15) is 0 Å². The third kappa shape index (κ3) is 5.23. The van der Waals surface area contributed by atoms with Gasteiger partial charge in [0.05, 0.1) is 30.8 Å². The van der Waals surface area contributed by atoms with Crippen LogP contribution in [0, 0.1) is 12.8 Å². The van der Waals surface area contributed by atoms with Crippen LogP contribution in [0.5, 0.6) is 0 Å². The highest BCUT2D eigenvalue weighted by Gasteiger charge is 2.37. The van der Waals surface area contributed by atoms with Gasteiger partial charge in [0.2, 0.25) is 20.9 Å². The molecule has 2 saturated carbocycles. The fourth-order valence-electron chi connectivity index (χ4n) is 4.51. The van der Waals surface area contributed by atoms with Gasteiger partial charge in [-0.2, -0.15) is 0 Å². The van der Waals surface area contributed by atoms with Gasteiger partial charge >= 0.3 is 0 Å². The number of hydrogen-bond donors (Lipinski definition) is 0. The average Bonchev–Trinajstić information content (AvgIpc) is 3.29. The van der Waals surface area contributed by atoms with Crippen molar-refractivity contribution in [2.75, 3.05) is 13.7 Å². The highest BCUT2D eigenvalue weighted by molar-refractivity contribution is 7.90. The zero-order valence-electron chi connectivity index (χ0n) is 19.0. The molecule has 0 bridgehead atoms. The van der Waals surface area contributed by atoms with Crippen molar-refractivity contribution >= 4 is 15.7 Å². The van der Waals surface area contributed by atoms with E-state index >= 15 is 0 Å². The van der Waals surface area contributed by atoms with Crippen LogP contribution in [-0.2, 0) is 38.2 Å². The summed E-state index contributed by atoms with van der Waals surface area (Å²) >= 11 is 0. The van der Waals surface area contributed by atoms with Crippen molar-refractivity contribution in [1.29, 1.82) is 0 Å². The van der Waals surface area contributed by atoms with Crippen LogP contribution in [0.1, 0.15) is 55.3 Å². The first-order chi connectivity index (χ1) is 15.4. The Morgan fingerprint density at radius 1 is 1.16 bits per heavy atom. The van der Waals surface area contributed by atoms with Gasteiger partial charge < -0.3 is 14.2 Å². The van der Waals surface area contributed by atoms with Crippen LogP contribution in [-0.4, -0.2) is 48.5 Å². The highest BCUT2D eigenvalue weighted by Crippen LogP contribution is 2.34. The SMILES string of the molecule is COCCn1c(CN(C(=O)C2CCCC2)C2CC2)cnc1S(=O)(=O)Cc1ccc(C)cc1. The number of nitrogens with zero attached hydrogens (tertiary/aromatic N) is 3. The number of ether oxygens (including phenoxy) is 1. The smallest absolute Gasteiger partial charge is 0.228 e. The normalized spacial score (nSPS) is 17.1. The number of aromatic nitrogens is 2. The molecule has 2 aliphatic rings. The standard InChI is InChI=1S/C24H33N3O4S/c1-18-7-9-19(10-8-18)17-32(29,30)24-25-15-22(26(24)13-14-31-2)16-27(21-11-12-21)23(28)20-5-3-4-6-20/h7-10,15,20-21H,3-6,11-14,16-17H2,1-2H3. The Morgan fingerprint density at radius 2 is 1.84 bits per heavy atom. The summed E-state index contributed by atoms with van der Waals surface area (Å²) in [6.07, 6.45) is 7.80. The van der Waals surface area contributed by atoms with Gasteiger partial charge in [-0.25, -0.2) is 13.4 Å². The lowest BCUT2D eigenvalue weighted by Crippen LogP contribution is -2.37. The molecule has 0 atom stereocenters. The van der Waals surface area contributed by atoms with Gasteiger partial charge in [-0.3, -0.25) is 4.79 Å². The second-order valence-corrected chi connectivity index (χ2v) is 11.0. The Bertz CT molecular complexity index is 1040. The molecular formula is C24H33N3O4S. The molecule has 2 aromatic rings. The first kappa shape index (κ1) is 23.0. The molecular weight excluding hydrogens is 426 g/mol. The molecule has 2 fully saturated rings. The molecule has 0 aliphatic heterocycles. The number of amides is 1. The first-order valence-electron chi connectivity index (χ1n) is 11.5. The lowest BCUT2D eigenvalue weighted by atomic mass is 10.1. The summed E-state index contributed by atoms with van der Waals surface area (Å²) in [4.78, 5) is 19.5. The van der Waals surface area contributed by atoms with E-state index in [2.05, 4.69) is 4.98 Å². The Hall–Kier alpha value is -2.19. The predicted molar refractivity (Wildman–Crippen MR) is 122 cm³/mol. The summed E-state index contributed by atoms with van der Waals surface area (Å²) in [5.74, 6) is 0.216. The molecule has 4 rings (SSSR count). The summed E-state index contributed by atoms with van der Waals surface area (Å²) in [5, 5.41) is 0.0502. The third-order valence-corrected chi connectivity index (χ3v) is 8.08. The van der Waals surface area contributed by atoms with Gasteiger partial charge in [-0.15, -0.1) is 0 Å². The van der Waals surface area contributed by atoms with Crippen molar-refractivity contribution in [2.45, 2.75) is 75.5 Å². The number of carbonyl (C=O) groups excluding carboxylic acids is 1. The number of imidazole rings is 1. The minimum Gasteiger partial charge on any atom is -0.383 e. The van der Waals surface area contributed by atoms with E-state index in [1.54, 1.807) is 17.9 Å². The molecule has 1 amide bonds. The fourth-order valence-corrected chi connectivity index (χ4v) is 6.03. The minimum atomic E-state index is -3.65. The van der Waals surface area contributed by atoms with Gasteiger partial charge in [0.25, 0.3) is 0 Å². The molecule has 174 valence electrons. The van der Waals surface area contributed by atoms with E-state index in [-0.39, 0.29) is 28.8 Å². The summed E-state index contributed by atoms with van der Waals surface area (Å²) in [7, 11) is -2.06. The fraction of sp³-hybridized carbons (Fsp3) is 0.583. The summed E-state index contributed by atoms with van der Waals surface area (Å²) in [6.45, 7) is 3.12. The van der Waals surface area contributed by atoms with Crippen LogP contribution < -0.4 is 0 Å². The van der Waals surface area contributed by atoms with Gasteiger partial charge in [-0.1, -0.05) is 42.7 Å². The zero-order chi connectivity index (χ0) is 22.7. The minimum absolute atomic E-state index is 0.0502. The number of sulfone groups is 1. The number of hydrogen-bond acceptors (Lipinski definition) is 5. The largest absolute Gasteiger partial charge is 0.383 e. The second kappa shape index (κ2) is 9.75. The molecule has 7 nitrogen and oxygen atoms in total. The van der Waals surface area contributed by atoms with E-state index in [4.69, 9.17) is 4.74 Å². The Labute approximate surface area is 190 Å². The van der Waals surface area contributed by atoms with Crippen molar-refractivity contribution < 1.29 is 17.9 Å². The quantitative estimate of drug-likeness (QED) is 0.543. The molecule has 1 aromatic heterocycles. The zero-order valence-corrected chi connectivity index (χ0v) is 19.8. The first-order valence-corrected chi connectivity index (χ1v) is 13.2. The summed E-state index contributed by atoms with van der Waals surface area (Å²) in [6, 6.07) is 7.77. The highest BCUT2D eigenvalue weighted by atomic mass is 32.2. The number of aryl methyl sites for hydroxylation is 1. The molecule has 1 aromatic carbocycles. The molecule has 0 saturated heterocycles. The Balaban J connectivity index is 1.59. The van der Waals surface area contributed by atoms with Crippen LogP contribution >= 0.6 is 0 Å². The van der Waals surface area contributed by atoms with Crippen molar-refractivity contribution in [1.82, 2.24) is 14.5 Å². The Morgan fingerprint density at radius 3 is 2.47 bits per heavy atom. The van der Waals surface area contributed by atoms with Crippen LogP contribution in [0.2, 0.25) is 0 Å². The van der Waals surface area contributed by atoms with E-state index < -0.39 is 9.84 Å². The lowest BCUT2D eigenvalue weighted by molar-refractivity contribution is -0.136. The van der Waals surface area contributed by atoms with Crippen LogP contribution in [0.4, 0.5) is 0 Å². The van der Waals surface area contributed by atoms with E-state index in [0.29, 0.717) is 19.7 Å². The van der Waals surface area contributed by atoms with Crippen molar-refractivity contribution in [2.24, 2.45) is 5.92 Å². The van der Waals surface area contributed by atoms with Crippen molar-refractivity contribution in [3.8, 4) is 0 Å². The van der Waals surface area contributed by atoms with Crippen LogP contribution in [0.15, 0.2) is 35.6 Å². The maximum absolute atomic E-state index is 13.3. The van der Waals surface area contributed by atoms with E-state index in [9.17, 15) is 13.2 Å². The molecule has 0 unspecified atom stereocenters. The second-order valence-electron chi connectivity index (χ2n) is 9.10. The summed E-state index contributed by atoms with van der Waals surface area (Å²) in [5.41, 5.74) is 2.57. The molecule has 0 N–H and O–H groups in total. The van der Waals surface area contributed by atoms with E-state index in [0.717, 1.165) is 55.3 Å². The van der Waals surface area contributed by atoms with Gasteiger partial charge in [0, 0.05) is 25.6 Å². The number of methoxy groups -OCH3 is 1.